The van der Waals surface area contributed by atoms with E-state index in [0.29, 0.717) is 31.8 Å². The van der Waals surface area contributed by atoms with Gasteiger partial charge in [0.15, 0.2) is 11.7 Å². The number of carbonyl (C=O) groups excluding carboxylic acids is 2. The minimum atomic E-state index is 0.0414. The number of hydrogen-bond donors (Lipinski definition) is 0. The average Bonchev–Trinajstić information content (AvgIpc) is 3.25. The number of benzene rings is 1. The molecule has 0 spiro atoms. The molecule has 1 aromatic carbocycles. The second-order valence-electron chi connectivity index (χ2n) is 8.25. The van der Waals surface area contributed by atoms with E-state index < -0.39 is 0 Å². The van der Waals surface area contributed by atoms with Crippen LogP contribution in [0.15, 0.2) is 34.9 Å². The van der Waals surface area contributed by atoms with Crippen LogP contribution in [0.5, 0.6) is 0 Å². The fourth-order valence-electron chi connectivity index (χ4n) is 3.84. The van der Waals surface area contributed by atoms with E-state index in [1.165, 1.54) is 5.56 Å². The Kier molecular flexibility index (Phi) is 7.66. The monoisotopic (exact) mass is 411 g/mol. The highest BCUT2D eigenvalue weighted by Crippen LogP contribution is 2.23. The minimum Gasteiger partial charge on any atom is -0.441 e. The summed E-state index contributed by atoms with van der Waals surface area (Å²) in [6.45, 7) is 6.29. The first-order valence-electron chi connectivity index (χ1n) is 11.0. The van der Waals surface area contributed by atoms with Crippen LogP contribution in [-0.2, 0) is 16.0 Å². The SMILES string of the molecule is CCCCN(C)C(=O)C1CCN(C(=O)CCc2ncc(-c3ccc(C)cc3)o2)CC1. The minimum absolute atomic E-state index is 0.0414. The molecule has 0 radical (unpaired) electrons. The number of oxazole rings is 1. The normalized spacial score (nSPS) is 14.7. The van der Waals surface area contributed by atoms with Crippen LogP contribution in [0.1, 0.15) is 50.5 Å². The molecule has 6 heteroatoms. The van der Waals surface area contributed by atoms with Crippen molar-refractivity contribution in [3.63, 3.8) is 0 Å². The first-order valence-corrected chi connectivity index (χ1v) is 11.0. The smallest absolute Gasteiger partial charge is 0.225 e. The quantitative estimate of drug-likeness (QED) is 0.656. The van der Waals surface area contributed by atoms with Crippen LogP contribution in [0.2, 0.25) is 0 Å². The number of amides is 2. The van der Waals surface area contributed by atoms with Gasteiger partial charge in [-0.2, -0.15) is 0 Å². The van der Waals surface area contributed by atoms with Gasteiger partial charge in [0, 0.05) is 51.0 Å². The molecule has 2 aromatic rings. The lowest BCUT2D eigenvalue weighted by Crippen LogP contribution is -2.43. The molecule has 0 N–H and O–H groups in total. The third-order valence-electron chi connectivity index (χ3n) is 5.86. The van der Waals surface area contributed by atoms with Crippen LogP contribution < -0.4 is 0 Å². The molecule has 1 aromatic heterocycles. The Bertz CT molecular complexity index is 836. The van der Waals surface area contributed by atoms with E-state index in [0.717, 1.165) is 43.6 Å². The predicted octanol–water partition coefficient (Wildman–Crippen LogP) is 4.08. The van der Waals surface area contributed by atoms with Crippen molar-refractivity contribution in [2.75, 3.05) is 26.7 Å². The van der Waals surface area contributed by atoms with Gasteiger partial charge in [-0.3, -0.25) is 9.59 Å². The second-order valence-corrected chi connectivity index (χ2v) is 8.25. The average molecular weight is 412 g/mol. The van der Waals surface area contributed by atoms with Crippen molar-refractivity contribution in [1.82, 2.24) is 14.8 Å². The molecule has 2 heterocycles. The highest BCUT2D eigenvalue weighted by Gasteiger charge is 2.28. The first kappa shape index (κ1) is 22.1. The van der Waals surface area contributed by atoms with Crippen molar-refractivity contribution >= 4 is 11.8 Å². The van der Waals surface area contributed by atoms with E-state index in [1.807, 2.05) is 48.0 Å². The van der Waals surface area contributed by atoms with E-state index in [9.17, 15) is 9.59 Å². The summed E-state index contributed by atoms with van der Waals surface area (Å²) >= 11 is 0. The van der Waals surface area contributed by atoms with Gasteiger partial charge in [0.25, 0.3) is 0 Å². The van der Waals surface area contributed by atoms with Crippen LogP contribution in [0, 0.1) is 12.8 Å². The molecule has 1 aliphatic heterocycles. The molecule has 6 nitrogen and oxygen atoms in total. The number of rotatable bonds is 8. The molecule has 0 unspecified atom stereocenters. The predicted molar refractivity (Wildman–Crippen MR) is 117 cm³/mol. The van der Waals surface area contributed by atoms with E-state index >= 15 is 0 Å². The van der Waals surface area contributed by atoms with Crippen molar-refractivity contribution < 1.29 is 14.0 Å². The van der Waals surface area contributed by atoms with Crippen molar-refractivity contribution in [3.05, 3.63) is 41.9 Å². The summed E-state index contributed by atoms with van der Waals surface area (Å²) in [4.78, 5) is 33.2. The number of nitrogens with zero attached hydrogens (tertiary/aromatic N) is 3. The zero-order chi connectivity index (χ0) is 21.5. The molecule has 0 aliphatic carbocycles. The lowest BCUT2D eigenvalue weighted by Gasteiger charge is -2.33. The zero-order valence-corrected chi connectivity index (χ0v) is 18.4. The van der Waals surface area contributed by atoms with Crippen molar-refractivity contribution in [2.24, 2.45) is 5.92 Å². The Morgan fingerprint density at radius 3 is 2.57 bits per heavy atom. The maximum absolute atomic E-state index is 12.6. The summed E-state index contributed by atoms with van der Waals surface area (Å²) in [6.07, 6.45) is 6.20. The fourth-order valence-corrected chi connectivity index (χ4v) is 3.84. The molecular formula is C24H33N3O3. The van der Waals surface area contributed by atoms with Crippen LogP contribution in [0.4, 0.5) is 0 Å². The molecule has 162 valence electrons. The van der Waals surface area contributed by atoms with Crippen molar-refractivity contribution in [1.29, 1.82) is 0 Å². The standard InChI is InChI=1S/C24H33N3O3/c1-4-5-14-26(3)24(29)20-12-15-27(16-13-20)23(28)11-10-22-25-17-21(30-22)19-8-6-18(2)7-9-19/h6-9,17,20H,4-5,10-16H2,1-3H3. The highest BCUT2D eigenvalue weighted by atomic mass is 16.4. The summed E-state index contributed by atoms with van der Waals surface area (Å²) in [5, 5.41) is 0. The molecule has 0 saturated carbocycles. The number of aromatic nitrogens is 1. The van der Waals surface area contributed by atoms with Gasteiger partial charge in [0.1, 0.15) is 0 Å². The lowest BCUT2D eigenvalue weighted by molar-refractivity contribution is -0.139. The number of piperidine rings is 1. The van der Waals surface area contributed by atoms with E-state index in [-0.39, 0.29) is 17.7 Å². The number of aryl methyl sites for hydroxylation is 2. The van der Waals surface area contributed by atoms with E-state index in [2.05, 4.69) is 11.9 Å². The molecule has 3 rings (SSSR count). The zero-order valence-electron chi connectivity index (χ0n) is 18.4. The van der Waals surface area contributed by atoms with Crippen LogP contribution >= 0.6 is 0 Å². The number of likely N-dealkylation sites (tertiary alicyclic amines) is 1. The lowest BCUT2D eigenvalue weighted by atomic mass is 9.95. The summed E-state index contributed by atoms with van der Waals surface area (Å²) < 4.78 is 5.82. The topological polar surface area (TPSA) is 66.7 Å². The van der Waals surface area contributed by atoms with Gasteiger partial charge in [-0.05, 0) is 26.2 Å². The third kappa shape index (κ3) is 5.71. The maximum Gasteiger partial charge on any atom is 0.225 e. The van der Waals surface area contributed by atoms with Crippen LogP contribution in [0.3, 0.4) is 0 Å². The summed E-state index contributed by atoms with van der Waals surface area (Å²) in [5.74, 6) is 1.68. The fraction of sp³-hybridized carbons (Fsp3) is 0.542. The molecule has 1 aliphatic rings. The van der Waals surface area contributed by atoms with Gasteiger partial charge in [0.2, 0.25) is 11.8 Å². The molecule has 1 saturated heterocycles. The highest BCUT2D eigenvalue weighted by molar-refractivity contribution is 5.80. The number of unbranched alkanes of at least 4 members (excludes halogenated alkanes) is 1. The number of carbonyl (C=O) groups is 2. The molecule has 2 amide bonds. The Morgan fingerprint density at radius 2 is 1.90 bits per heavy atom. The molecule has 1 fully saturated rings. The van der Waals surface area contributed by atoms with Gasteiger partial charge in [-0.15, -0.1) is 0 Å². The largest absolute Gasteiger partial charge is 0.441 e. The van der Waals surface area contributed by atoms with Gasteiger partial charge in [-0.1, -0.05) is 43.2 Å². The van der Waals surface area contributed by atoms with Crippen LogP contribution in [0.25, 0.3) is 11.3 Å². The Morgan fingerprint density at radius 1 is 1.20 bits per heavy atom. The maximum atomic E-state index is 12.6. The molecule has 0 atom stereocenters. The Balaban J connectivity index is 1.44. The van der Waals surface area contributed by atoms with Gasteiger partial charge < -0.3 is 14.2 Å². The summed E-state index contributed by atoms with van der Waals surface area (Å²) in [7, 11) is 1.89. The number of hydrogen-bond acceptors (Lipinski definition) is 4. The Hall–Kier alpha value is -2.63. The molecule has 0 bridgehead atoms. The van der Waals surface area contributed by atoms with Crippen LogP contribution in [-0.4, -0.2) is 53.3 Å². The summed E-state index contributed by atoms with van der Waals surface area (Å²) in [6, 6.07) is 8.10. The first-order chi connectivity index (χ1) is 14.5. The third-order valence-corrected chi connectivity index (χ3v) is 5.86. The van der Waals surface area contributed by atoms with Gasteiger partial charge in [-0.25, -0.2) is 4.98 Å². The van der Waals surface area contributed by atoms with Crippen molar-refractivity contribution in [3.8, 4) is 11.3 Å². The molecular weight excluding hydrogens is 378 g/mol. The van der Waals surface area contributed by atoms with Crippen molar-refractivity contribution in [2.45, 2.75) is 52.4 Å². The van der Waals surface area contributed by atoms with Gasteiger partial charge in [0.05, 0.1) is 6.20 Å². The Labute approximate surface area is 179 Å². The summed E-state index contributed by atoms with van der Waals surface area (Å²) in [5.41, 5.74) is 2.18. The van der Waals surface area contributed by atoms with Gasteiger partial charge >= 0.3 is 0 Å². The molecule has 30 heavy (non-hydrogen) atoms. The van der Waals surface area contributed by atoms with E-state index in [1.54, 1.807) is 6.20 Å². The van der Waals surface area contributed by atoms with E-state index in [4.69, 9.17) is 4.42 Å². The second kappa shape index (κ2) is 10.4.